The summed E-state index contributed by atoms with van der Waals surface area (Å²) in [5.41, 5.74) is 10.5. The van der Waals surface area contributed by atoms with Gasteiger partial charge in [0.2, 0.25) is 0 Å². The predicted molar refractivity (Wildman–Crippen MR) is 72.3 cm³/mol. The summed E-state index contributed by atoms with van der Waals surface area (Å²) in [6, 6.07) is 7.81. The van der Waals surface area contributed by atoms with Gasteiger partial charge in [-0.25, -0.2) is 0 Å². The molecule has 2 nitrogen and oxygen atoms in total. The highest BCUT2D eigenvalue weighted by atomic mass is 14.9. The molecule has 2 aliphatic carbocycles. The summed E-state index contributed by atoms with van der Waals surface area (Å²) in [6.45, 7) is 0. The first-order valence-corrected chi connectivity index (χ1v) is 6.96. The first kappa shape index (κ1) is 11.1. The topological polar surface area (TPSA) is 38.0 Å². The van der Waals surface area contributed by atoms with Crippen molar-refractivity contribution in [1.82, 2.24) is 0 Å². The number of hydrogen-bond acceptors (Lipinski definition) is 2. The second-order valence-corrected chi connectivity index (χ2v) is 5.55. The fourth-order valence-electron chi connectivity index (χ4n) is 3.24. The molecule has 0 bridgehead atoms. The zero-order valence-electron chi connectivity index (χ0n) is 10.4. The quantitative estimate of drug-likeness (QED) is 0.820. The molecular formula is C15H22N2. The van der Waals surface area contributed by atoms with Crippen molar-refractivity contribution < 1.29 is 0 Å². The molecule has 0 atom stereocenters. The maximum Gasteiger partial charge on any atom is 0.0377 e. The zero-order valence-corrected chi connectivity index (χ0v) is 10.4. The predicted octanol–water partition coefficient (Wildman–Crippen LogP) is 2.86. The van der Waals surface area contributed by atoms with Gasteiger partial charge in [-0.2, -0.15) is 0 Å². The molecule has 0 heterocycles. The van der Waals surface area contributed by atoms with Gasteiger partial charge in [0.05, 0.1) is 0 Å². The van der Waals surface area contributed by atoms with Crippen molar-refractivity contribution in [2.45, 2.75) is 57.0 Å². The zero-order chi connectivity index (χ0) is 11.7. The number of benzene rings is 1. The maximum atomic E-state index is 5.95. The van der Waals surface area contributed by atoms with E-state index in [1.54, 1.807) is 11.1 Å². The van der Waals surface area contributed by atoms with Crippen molar-refractivity contribution in [3.05, 3.63) is 29.3 Å². The summed E-state index contributed by atoms with van der Waals surface area (Å²) in [5.74, 6) is 0. The third-order valence-electron chi connectivity index (χ3n) is 4.28. The normalized spacial score (nSPS) is 27.8. The van der Waals surface area contributed by atoms with Crippen molar-refractivity contribution in [1.29, 1.82) is 0 Å². The van der Waals surface area contributed by atoms with E-state index in [1.165, 1.54) is 50.6 Å². The smallest absolute Gasteiger partial charge is 0.0377 e. The van der Waals surface area contributed by atoms with Crippen LogP contribution in [0, 0.1) is 0 Å². The van der Waals surface area contributed by atoms with Crippen LogP contribution in [0.4, 0.5) is 5.69 Å². The Morgan fingerprint density at radius 1 is 1.06 bits per heavy atom. The second-order valence-electron chi connectivity index (χ2n) is 5.55. The van der Waals surface area contributed by atoms with Crippen LogP contribution in [-0.4, -0.2) is 12.1 Å². The van der Waals surface area contributed by atoms with E-state index in [2.05, 4.69) is 23.5 Å². The summed E-state index contributed by atoms with van der Waals surface area (Å²) in [7, 11) is 0. The molecule has 3 N–H and O–H groups in total. The Labute approximate surface area is 104 Å². The van der Waals surface area contributed by atoms with Crippen LogP contribution in [0.5, 0.6) is 0 Å². The maximum absolute atomic E-state index is 5.95. The SMILES string of the molecule is NC1CCC(Nc2cccc3c2CCC3)CC1. The van der Waals surface area contributed by atoms with Crippen LogP contribution in [0.2, 0.25) is 0 Å². The van der Waals surface area contributed by atoms with E-state index in [-0.39, 0.29) is 0 Å². The molecular weight excluding hydrogens is 208 g/mol. The standard InChI is InChI=1S/C15H22N2/c16-12-7-9-13(10-8-12)17-15-6-2-4-11-3-1-5-14(11)15/h2,4,6,12-13,17H,1,3,5,7-10,16H2. The lowest BCUT2D eigenvalue weighted by Crippen LogP contribution is -2.33. The molecule has 92 valence electrons. The third kappa shape index (κ3) is 2.32. The van der Waals surface area contributed by atoms with Crippen LogP contribution in [0.15, 0.2) is 18.2 Å². The highest BCUT2D eigenvalue weighted by molar-refractivity contribution is 5.57. The van der Waals surface area contributed by atoms with Gasteiger partial charge in [0, 0.05) is 17.8 Å². The van der Waals surface area contributed by atoms with Crippen molar-refractivity contribution in [3.8, 4) is 0 Å². The molecule has 0 amide bonds. The van der Waals surface area contributed by atoms with Gasteiger partial charge < -0.3 is 11.1 Å². The van der Waals surface area contributed by atoms with Gasteiger partial charge in [0.1, 0.15) is 0 Å². The largest absolute Gasteiger partial charge is 0.382 e. The minimum absolute atomic E-state index is 0.439. The average molecular weight is 230 g/mol. The van der Waals surface area contributed by atoms with Crippen LogP contribution in [0.25, 0.3) is 0 Å². The number of aryl methyl sites for hydroxylation is 1. The van der Waals surface area contributed by atoms with E-state index in [0.29, 0.717) is 12.1 Å². The summed E-state index contributed by atoms with van der Waals surface area (Å²) < 4.78 is 0. The van der Waals surface area contributed by atoms with Crippen LogP contribution in [0.1, 0.15) is 43.2 Å². The van der Waals surface area contributed by atoms with E-state index >= 15 is 0 Å². The molecule has 17 heavy (non-hydrogen) atoms. The highest BCUT2D eigenvalue weighted by Crippen LogP contribution is 2.30. The minimum Gasteiger partial charge on any atom is -0.382 e. The Morgan fingerprint density at radius 2 is 1.88 bits per heavy atom. The minimum atomic E-state index is 0.439. The van der Waals surface area contributed by atoms with E-state index in [4.69, 9.17) is 5.73 Å². The Morgan fingerprint density at radius 3 is 2.71 bits per heavy atom. The van der Waals surface area contributed by atoms with Gasteiger partial charge in [-0.15, -0.1) is 0 Å². The Balaban J connectivity index is 1.71. The third-order valence-corrected chi connectivity index (χ3v) is 4.28. The molecule has 1 fully saturated rings. The van der Waals surface area contributed by atoms with E-state index in [9.17, 15) is 0 Å². The molecule has 2 aliphatic rings. The Hall–Kier alpha value is -1.02. The van der Waals surface area contributed by atoms with Gasteiger partial charge in [0.25, 0.3) is 0 Å². The summed E-state index contributed by atoms with van der Waals surface area (Å²) in [6.07, 6.45) is 8.64. The summed E-state index contributed by atoms with van der Waals surface area (Å²) in [4.78, 5) is 0. The van der Waals surface area contributed by atoms with Crippen molar-refractivity contribution >= 4 is 5.69 Å². The number of anilines is 1. The Bertz CT molecular complexity index is 392. The highest BCUT2D eigenvalue weighted by Gasteiger charge is 2.20. The van der Waals surface area contributed by atoms with Crippen LogP contribution in [0.3, 0.4) is 0 Å². The van der Waals surface area contributed by atoms with E-state index < -0.39 is 0 Å². The van der Waals surface area contributed by atoms with Crippen molar-refractivity contribution in [3.63, 3.8) is 0 Å². The number of rotatable bonds is 2. The fraction of sp³-hybridized carbons (Fsp3) is 0.600. The van der Waals surface area contributed by atoms with Crippen LogP contribution >= 0.6 is 0 Å². The molecule has 0 radical (unpaired) electrons. The van der Waals surface area contributed by atoms with Crippen molar-refractivity contribution in [2.75, 3.05) is 5.32 Å². The van der Waals surface area contributed by atoms with Crippen LogP contribution in [-0.2, 0) is 12.8 Å². The lowest BCUT2D eigenvalue weighted by molar-refractivity contribution is 0.411. The lowest BCUT2D eigenvalue weighted by atomic mass is 9.91. The van der Waals surface area contributed by atoms with Crippen LogP contribution < -0.4 is 11.1 Å². The number of fused-ring (bicyclic) bond motifs is 1. The molecule has 0 saturated heterocycles. The molecule has 0 aliphatic heterocycles. The molecule has 0 spiro atoms. The van der Waals surface area contributed by atoms with E-state index in [0.717, 1.165) is 0 Å². The molecule has 1 aromatic rings. The lowest BCUT2D eigenvalue weighted by Gasteiger charge is -2.28. The molecule has 0 aromatic heterocycles. The fourth-order valence-corrected chi connectivity index (χ4v) is 3.24. The number of hydrogen-bond donors (Lipinski definition) is 2. The average Bonchev–Trinajstić information content (AvgIpc) is 2.81. The monoisotopic (exact) mass is 230 g/mol. The van der Waals surface area contributed by atoms with Gasteiger partial charge >= 0.3 is 0 Å². The molecule has 1 aromatic carbocycles. The first-order valence-electron chi connectivity index (χ1n) is 6.96. The molecule has 0 unspecified atom stereocenters. The molecule has 3 rings (SSSR count). The second kappa shape index (κ2) is 4.69. The number of nitrogens with two attached hydrogens (primary N) is 1. The van der Waals surface area contributed by atoms with Gasteiger partial charge in [-0.1, -0.05) is 12.1 Å². The summed E-state index contributed by atoms with van der Waals surface area (Å²) in [5, 5.41) is 3.75. The summed E-state index contributed by atoms with van der Waals surface area (Å²) >= 11 is 0. The van der Waals surface area contributed by atoms with Crippen molar-refractivity contribution in [2.24, 2.45) is 5.73 Å². The van der Waals surface area contributed by atoms with Gasteiger partial charge in [-0.05, 0) is 62.1 Å². The van der Waals surface area contributed by atoms with Gasteiger partial charge in [-0.3, -0.25) is 0 Å². The molecule has 2 heteroatoms. The Kier molecular flexibility index (Phi) is 3.06. The first-order chi connectivity index (χ1) is 8.33. The molecule has 1 saturated carbocycles. The van der Waals surface area contributed by atoms with Gasteiger partial charge in [0.15, 0.2) is 0 Å². The van der Waals surface area contributed by atoms with E-state index in [1.807, 2.05) is 0 Å². The number of nitrogens with one attached hydrogen (secondary N) is 1.